The summed E-state index contributed by atoms with van der Waals surface area (Å²) in [6, 6.07) is 0. The normalized spacial score (nSPS) is 12.9. The molecule has 142 valence electrons. The van der Waals surface area contributed by atoms with E-state index in [1.54, 1.807) is 0 Å². The standard InChI is InChI=1S/C10H13O14P/c11-5(12)1-4(24-25(20,21)22)8(17)23-10(9(18)19,2-6(13)14)3-7(15)16/h4H,1-3H2,(H,11,12)(H,13,14)(H,15,16)(H,18,19)(H2,20,21,22). The van der Waals surface area contributed by atoms with E-state index in [4.69, 9.17) is 30.2 Å². The number of ether oxygens (including phenoxy) is 1. The Hall–Kier alpha value is -2.54. The summed E-state index contributed by atoms with van der Waals surface area (Å²) in [6.07, 6.45) is -6.92. The van der Waals surface area contributed by atoms with Crippen molar-refractivity contribution in [2.75, 3.05) is 0 Å². The van der Waals surface area contributed by atoms with Gasteiger partial charge in [-0.3, -0.25) is 18.9 Å². The zero-order chi connectivity index (χ0) is 20.0. The molecule has 0 spiro atoms. The molecule has 0 fully saturated rings. The molecule has 0 rings (SSSR count). The molecule has 0 aromatic heterocycles. The van der Waals surface area contributed by atoms with Crippen LogP contribution in [0.2, 0.25) is 0 Å². The van der Waals surface area contributed by atoms with Crippen LogP contribution in [0, 0.1) is 0 Å². The van der Waals surface area contributed by atoms with Gasteiger partial charge in [-0.25, -0.2) is 14.2 Å². The third kappa shape index (κ3) is 8.21. The lowest BCUT2D eigenvalue weighted by atomic mass is 9.95. The van der Waals surface area contributed by atoms with Gasteiger partial charge in [-0.15, -0.1) is 0 Å². The Balaban J connectivity index is 5.73. The maximum Gasteiger partial charge on any atom is 0.470 e. The minimum atomic E-state index is -5.42. The number of carboxylic acids is 4. The van der Waals surface area contributed by atoms with E-state index in [0.29, 0.717) is 0 Å². The number of aliphatic carboxylic acids is 4. The second kappa shape index (κ2) is 8.53. The van der Waals surface area contributed by atoms with Crippen LogP contribution < -0.4 is 0 Å². The zero-order valence-corrected chi connectivity index (χ0v) is 13.0. The SMILES string of the molecule is O=C(O)CC(OP(=O)(O)O)C(=O)OC(CC(=O)O)(CC(=O)O)C(=O)O. The Morgan fingerprint density at radius 2 is 1.32 bits per heavy atom. The van der Waals surface area contributed by atoms with E-state index in [9.17, 15) is 28.5 Å². The third-order valence-electron chi connectivity index (χ3n) is 2.45. The van der Waals surface area contributed by atoms with Gasteiger partial charge < -0.3 is 34.9 Å². The van der Waals surface area contributed by atoms with Crippen molar-refractivity contribution in [2.24, 2.45) is 0 Å². The molecule has 25 heavy (non-hydrogen) atoms. The lowest BCUT2D eigenvalue weighted by Crippen LogP contribution is -2.49. The van der Waals surface area contributed by atoms with Gasteiger partial charge in [-0.1, -0.05) is 0 Å². The second-order valence-corrected chi connectivity index (χ2v) is 5.74. The monoisotopic (exact) mass is 388 g/mol. The van der Waals surface area contributed by atoms with Crippen LogP contribution in [-0.4, -0.2) is 71.8 Å². The van der Waals surface area contributed by atoms with Gasteiger partial charge in [-0.05, 0) is 0 Å². The van der Waals surface area contributed by atoms with Crippen LogP contribution >= 0.6 is 7.82 Å². The molecule has 0 amide bonds. The maximum absolute atomic E-state index is 11.8. The average molecular weight is 388 g/mol. The summed E-state index contributed by atoms with van der Waals surface area (Å²) in [5.41, 5.74) is -3.15. The number of esters is 1. The third-order valence-corrected chi connectivity index (χ3v) is 2.98. The second-order valence-electron chi connectivity index (χ2n) is 4.54. The number of phosphoric acid groups is 1. The van der Waals surface area contributed by atoms with Crippen molar-refractivity contribution < 1.29 is 68.0 Å². The van der Waals surface area contributed by atoms with Crippen LogP contribution in [0.25, 0.3) is 0 Å². The number of phosphoric ester groups is 1. The van der Waals surface area contributed by atoms with Crippen molar-refractivity contribution >= 4 is 37.7 Å². The minimum absolute atomic E-state index is 1.38. The molecular weight excluding hydrogens is 375 g/mol. The minimum Gasteiger partial charge on any atom is -0.481 e. The van der Waals surface area contributed by atoms with Crippen LogP contribution in [0.4, 0.5) is 0 Å². The summed E-state index contributed by atoms with van der Waals surface area (Å²) in [6.45, 7) is 0. The molecule has 14 nitrogen and oxygen atoms in total. The Morgan fingerprint density at radius 1 is 0.880 bits per heavy atom. The van der Waals surface area contributed by atoms with Gasteiger partial charge in [-0.2, -0.15) is 0 Å². The predicted molar refractivity (Wildman–Crippen MR) is 70.1 cm³/mol. The van der Waals surface area contributed by atoms with Crippen molar-refractivity contribution in [1.29, 1.82) is 0 Å². The number of hydrogen-bond acceptors (Lipinski definition) is 8. The van der Waals surface area contributed by atoms with Gasteiger partial charge in [0.2, 0.25) is 5.60 Å². The molecule has 1 atom stereocenters. The molecule has 0 aliphatic heterocycles. The molecule has 0 aromatic carbocycles. The predicted octanol–water partition coefficient (Wildman–Crippen LogP) is -1.74. The molecule has 0 aliphatic carbocycles. The summed E-state index contributed by atoms with van der Waals surface area (Å²) in [5, 5.41) is 35.0. The fraction of sp³-hybridized carbons (Fsp3) is 0.500. The first-order valence-corrected chi connectivity index (χ1v) is 7.57. The van der Waals surface area contributed by atoms with Gasteiger partial charge in [0, 0.05) is 0 Å². The number of carbonyl (C=O) groups excluding carboxylic acids is 1. The van der Waals surface area contributed by atoms with Gasteiger partial charge >= 0.3 is 37.7 Å². The lowest BCUT2D eigenvalue weighted by molar-refractivity contribution is -0.191. The first-order chi connectivity index (χ1) is 11.2. The van der Waals surface area contributed by atoms with E-state index < -0.39 is 68.6 Å². The molecule has 15 heteroatoms. The molecule has 6 N–H and O–H groups in total. The van der Waals surface area contributed by atoms with E-state index in [1.165, 1.54) is 0 Å². The Kier molecular flexibility index (Phi) is 7.66. The van der Waals surface area contributed by atoms with Crippen molar-refractivity contribution in [3.05, 3.63) is 0 Å². The number of carbonyl (C=O) groups is 5. The van der Waals surface area contributed by atoms with Gasteiger partial charge in [0.25, 0.3) is 0 Å². The summed E-state index contributed by atoms with van der Waals surface area (Å²) >= 11 is 0. The van der Waals surface area contributed by atoms with Crippen LogP contribution in [0.5, 0.6) is 0 Å². The first-order valence-electron chi connectivity index (χ1n) is 6.04. The molecule has 0 heterocycles. The van der Waals surface area contributed by atoms with E-state index in [2.05, 4.69) is 9.26 Å². The largest absolute Gasteiger partial charge is 0.481 e. The summed E-state index contributed by atoms with van der Waals surface area (Å²) in [7, 11) is -5.42. The highest BCUT2D eigenvalue weighted by Crippen LogP contribution is 2.39. The van der Waals surface area contributed by atoms with Crippen LogP contribution in [0.1, 0.15) is 19.3 Å². The van der Waals surface area contributed by atoms with Crippen molar-refractivity contribution in [2.45, 2.75) is 31.0 Å². The highest BCUT2D eigenvalue weighted by Gasteiger charge is 2.49. The molecule has 0 saturated heterocycles. The van der Waals surface area contributed by atoms with E-state index in [0.717, 1.165) is 0 Å². The molecule has 0 saturated carbocycles. The smallest absolute Gasteiger partial charge is 0.470 e. The number of rotatable bonds is 11. The van der Waals surface area contributed by atoms with Crippen molar-refractivity contribution in [3.63, 3.8) is 0 Å². The summed E-state index contributed by atoms with van der Waals surface area (Å²) < 4.78 is 18.9. The zero-order valence-electron chi connectivity index (χ0n) is 12.1. The summed E-state index contributed by atoms with van der Waals surface area (Å²) in [5.74, 6) is -9.70. The Morgan fingerprint density at radius 3 is 1.60 bits per heavy atom. The first kappa shape index (κ1) is 22.5. The molecule has 0 bridgehead atoms. The van der Waals surface area contributed by atoms with Gasteiger partial charge in [0.1, 0.15) is 0 Å². The average Bonchev–Trinajstić information content (AvgIpc) is 2.33. The molecule has 0 aromatic rings. The van der Waals surface area contributed by atoms with Crippen LogP contribution in [0.3, 0.4) is 0 Å². The lowest BCUT2D eigenvalue weighted by Gasteiger charge is -2.28. The molecule has 1 unspecified atom stereocenters. The Labute approximate surface area is 137 Å². The fourth-order valence-electron chi connectivity index (χ4n) is 1.56. The van der Waals surface area contributed by atoms with Gasteiger partial charge in [0.05, 0.1) is 19.3 Å². The van der Waals surface area contributed by atoms with E-state index in [-0.39, 0.29) is 0 Å². The van der Waals surface area contributed by atoms with Gasteiger partial charge in [0.15, 0.2) is 6.10 Å². The Bertz CT molecular complexity index is 601. The maximum atomic E-state index is 11.8. The van der Waals surface area contributed by atoms with Crippen LogP contribution in [-0.2, 0) is 37.8 Å². The fourth-order valence-corrected chi connectivity index (χ4v) is 2.06. The highest BCUT2D eigenvalue weighted by atomic mass is 31.2. The van der Waals surface area contributed by atoms with Crippen molar-refractivity contribution in [3.8, 4) is 0 Å². The topological polar surface area (TPSA) is 242 Å². The van der Waals surface area contributed by atoms with Crippen LogP contribution in [0.15, 0.2) is 0 Å². The quantitative estimate of drug-likeness (QED) is 0.170. The van der Waals surface area contributed by atoms with E-state index >= 15 is 0 Å². The molecular formula is C10H13O14P. The number of hydrogen-bond donors (Lipinski definition) is 6. The number of carboxylic acid groups (broad SMARTS) is 4. The molecule has 0 aliphatic rings. The van der Waals surface area contributed by atoms with E-state index in [1.807, 2.05) is 0 Å². The summed E-state index contributed by atoms with van der Waals surface area (Å²) in [4.78, 5) is 72.5. The molecule has 0 radical (unpaired) electrons. The van der Waals surface area contributed by atoms with Crippen molar-refractivity contribution in [1.82, 2.24) is 0 Å². The highest BCUT2D eigenvalue weighted by molar-refractivity contribution is 7.46.